The van der Waals surface area contributed by atoms with Crippen LogP contribution in [-0.4, -0.2) is 36.0 Å². The lowest BCUT2D eigenvalue weighted by atomic mass is 10.0. The Bertz CT molecular complexity index is 415. The predicted molar refractivity (Wildman–Crippen MR) is 79.1 cm³/mol. The zero-order chi connectivity index (χ0) is 15.7. The molecule has 0 fully saturated rings. The number of hydrogen-bond acceptors (Lipinski definition) is 5. The minimum absolute atomic E-state index is 0.436. The van der Waals surface area contributed by atoms with E-state index in [1.165, 1.54) is 12.8 Å². The third kappa shape index (κ3) is 5.73. The van der Waals surface area contributed by atoms with Gasteiger partial charge in [-0.25, -0.2) is 4.79 Å². The second-order valence-electron chi connectivity index (χ2n) is 4.89. The molecule has 21 heavy (non-hydrogen) atoms. The van der Waals surface area contributed by atoms with Crippen LogP contribution in [-0.2, 0) is 9.53 Å². The molecule has 1 aromatic carbocycles. The fourth-order valence-corrected chi connectivity index (χ4v) is 1.91. The van der Waals surface area contributed by atoms with Crippen LogP contribution in [0.2, 0.25) is 0 Å². The van der Waals surface area contributed by atoms with E-state index in [0.717, 1.165) is 20.0 Å². The van der Waals surface area contributed by atoms with Gasteiger partial charge in [0.2, 0.25) is 0 Å². The lowest BCUT2D eigenvalue weighted by molar-refractivity contribution is -0.156. The number of methoxy groups -OCH3 is 1. The second kappa shape index (κ2) is 9.37. The lowest BCUT2D eigenvalue weighted by Crippen LogP contribution is -2.28. The summed E-state index contributed by atoms with van der Waals surface area (Å²) in [5, 5.41) is 19.4. The van der Waals surface area contributed by atoms with Gasteiger partial charge in [0.1, 0.15) is 11.9 Å². The Morgan fingerprint density at radius 1 is 1.14 bits per heavy atom. The van der Waals surface area contributed by atoms with Crippen LogP contribution in [0.1, 0.15) is 44.3 Å². The first kappa shape index (κ1) is 17.5. The first-order valence-corrected chi connectivity index (χ1v) is 7.26. The van der Waals surface area contributed by atoms with Gasteiger partial charge in [-0.05, 0) is 24.1 Å². The van der Waals surface area contributed by atoms with Gasteiger partial charge in [0, 0.05) is 0 Å². The molecule has 1 aromatic rings. The minimum Gasteiger partial charge on any atom is -0.494 e. The summed E-state index contributed by atoms with van der Waals surface area (Å²) in [7, 11) is 1.16. The number of aliphatic hydroxyl groups excluding tert-OH is 2. The van der Waals surface area contributed by atoms with Gasteiger partial charge in [0.15, 0.2) is 6.10 Å². The average molecular weight is 296 g/mol. The van der Waals surface area contributed by atoms with Crippen LogP contribution in [0.3, 0.4) is 0 Å². The topological polar surface area (TPSA) is 76.0 Å². The molecule has 0 aromatic heterocycles. The van der Waals surface area contributed by atoms with Crippen LogP contribution in [0.5, 0.6) is 5.75 Å². The van der Waals surface area contributed by atoms with Gasteiger partial charge in [0.25, 0.3) is 0 Å². The van der Waals surface area contributed by atoms with E-state index in [9.17, 15) is 15.0 Å². The molecule has 0 bridgehead atoms. The Morgan fingerprint density at radius 2 is 1.81 bits per heavy atom. The molecule has 0 saturated heterocycles. The molecular weight excluding hydrogens is 272 g/mol. The number of benzene rings is 1. The van der Waals surface area contributed by atoms with E-state index in [1.807, 2.05) is 0 Å². The highest BCUT2D eigenvalue weighted by molar-refractivity contribution is 5.75. The molecule has 0 saturated carbocycles. The number of rotatable bonds is 9. The van der Waals surface area contributed by atoms with Crippen LogP contribution < -0.4 is 4.74 Å². The Morgan fingerprint density at radius 3 is 2.38 bits per heavy atom. The number of aliphatic hydroxyl groups is 2. The van der Waals surface area contributed by atoms with Gasteiger partial charge >= 0.3 is 5.97 Å². The molecule has 118 valence electrons. The van der Waals surface area contributed by atoms with Gasteiger partial charge in [-0.3, -0.25) is 0 Å². The van der Waals surface area contributed by atoms with Gasteiger partial charge in [-0.15, -0.1) is 0 Å². The van der Waals surface area contributed by atoms with E-state index in [0.29, 0.717) is 17.9 Å². The van der Waals surface area contributed by atoms with Crippen molar-refractivity contribution in [2.75, 3.05) is 13.7 Å². The third-order valence-corrected chi connectivity index (χ3v) is 3.23. The normalized spacial score (nSPS) is 13.5. The van der Waals surface area contributed by atoms with Gasteiger partial charge < -0.3 is 19.7 Å². The van der Waals surface area contributed by atoms with Crippen molar-refractivity contribution in [3.8, 4) is 5.75 Å². The van der Waals surface area contributed by atoms with E-state index >= 15 is 0 Å². The van der Waals surface area contributed by atoms with E-state index in [4.69, 9.17) is 4.74 Å². The van der Waals surface area contributed by atoms with Crippen molar-refractivity contribution in [3.05, 3.63) is 29.8 Å². The zero-order valence-corrected chi connectivity index (χ0v) is 12.6. The molecule has 0 amide bonds. The van der Waals surface area contributed by atoms with Gasteiger partial charge in [-0.1, -0.05) is 38.3 Å². The molecule has 2 N–H and O–H groups in total. The maximum atomic E-state index is 11.2. The van der Waals surface area contributed by atoms with E-state index < -0.39 is 18.2 Å². The molecule has 1 rings (SSSR count). The summed E-state index contributed by atoms with van der Waals surface area (Å²) in [5.41, 5.74) is 0.436. The van der Waals surface area contributed by atoms with Gasteiger partial charge in [0.05, 0.1) is 13.7 Å². The van der Waals surface area contributed by atoms with Crippen molar-refractivity contribution in [2.24, 2.45) is 0 Å². The number of unbranched alkanes of at least 4 members (excludes halogenated alkanes) is 3. The maximum absolute atomic E-state index is 11.2. The van der Waals surface area contributed by atoms with Gasteiger partial charge in [-0.2, -0.15) is 0 Å². The van der Waals surface area contributed by atoms with Crippen molar-refractivity contribution in [1.29, 1.82) is 0 Å². The highest BCUT2D eigenvalue weighted by Crippen LogP contribution is 2.21. The first-order valence-electron chi connectivity index (χ1n) is 7.26. The second-order valence-corrected chi connectivity index (χ2v) is 4.89. The Labute approximate surface area is 125 Å². The summed E-state index contributed by atoms with van der Waals surface area (Å²) in [6, 6.07) is 6.67. The van der Waals surface area contributed by atoms with Crippen LogP contribution >= 0.6 is 0 Å². The average Bonchev–Trinajstić information content (AvgIpc) is 2.53. The molecule has 5 heteroatoms. The quantitative estimate of drug-likeness (QED) is 0.540. The monoisotopic (exact) mass is 296 g/mol. The number of hydrogen-bond donors (Lipinski definition) is 2. The van der Waals surface area contributed by atoms with Crippen molar-refractivity contribution in [3.63, 3.8) is 0 Å². The molecule has 0 heterocycles. The number of carbonyl (C=O) groups excluding carboxylic acids is 1. The highest BCUT2D eigenvalue weighted by atomic mass is 16.5. The minimum atomic E-state index is -1.59. The standard InChI is InChI=1S/C16H24O5/c1-3-4-5-6-11-21-13-9-7-12(8-10-13)14(17)15(18)16(19)20-2/h7-10,14-15,17-18H,3-6,11H2,1-2H3. The van der Waals surface area contributed by atoms with E-state index in [2.05, 4.69) is 11.7 Å². The Balaban J connectivity index is 2.47. The SMILES string of the molecule is CCCCCCOc1ccc(C(O)C(O)C(=O)OC)cc1. The summed E-state index contributed by atoms with van der Waals surface area (Å²) in [6.45, 7) is 2.82. The fourth-order valence-electron chi connectivity index (χ4n) is 1.91. The zero-order valence-electron chi connectivity index (χ0n) is 12.6. The highest BCUT2D eigenvalue weighted by Gasteiger charge is 2.26. The van der Waals surface area contributed by atoms with Crippen LogP contribution in [0.4, 0.5) is 0 Å². The molecule has 0 radical (unpaired) electrons. The van der Waals surface area contributed by atoms with Crippen molar-refractivity contribution in [1.82, 2.24) is 0 Å². The van der Waals surface area contributed by atoms with E-state index in [-0.39, 0.29) is 0 Å². The van der Waals surface area contributed by atoms with Crippen molar-refractivity contribution in [2.45, 2.75) is 44.8 Å². The summed E-state index contributed by atoms with van der Waals surface area (Å²) >= 11 is 0. The summed E-state index contributed by atoms with van der Waals surface area (Å²) in [5.74, 6) is -0.159. The molecule has 0 aliphatic heterocycles. The molecule has 0 aliphatic carbocycles. The first-order chi connectivity index (χ1) is 10.1. The molecule has 0 aliphatic rings. The summed E-state index contributed by atoms with van der Waals surface area (Å²) < 4.78 is 9.97. The van der Waals surface area contributed by atoms with Crippen LogP contribution in [0.25, 0.3) is 0 Å². The predicted octanol–water partition coefficient (Wildman–Crippen LogP) is 2.21. The van der Waals surface area contributed by atoms with Crippen molar-refractivity contribution < 1.29 is 24.5 Å². The molecule has 2 atom stereocenters. The number of esters is 1. The smallest absolute Gasteiger partial charge is 0.337 e. The lowest BCUT2D eigenvalue weighted by Gasteiger charge is -2.16. The van der Waals surface area contributed by atoms with Crippen LogP contribution in [0, 0.1) is 0 Å². The Hall–Kier alpha value is -1.59. The maximum Gasteiger partial charge on any atom is 0.337 e. The van der Waals surface area contributed by atoms with E-state index in [1.54, 1.807) is 24.3 Å². The number of ether oxygens (including phenoxy) is 2. The fraction of sp³-hybridized carbons (Fsp3) is 0.562. The number of carbonyl (C=O) groups is 1. The molecular formula is C16H24O5. The largest absolute Gasteiger partial charge is 0.494 e. The molecule has 0 spiro atoms. The third-order valence-electron chi connectivity index (χ3n) is 3.23. The van der Waals surface area contributed by atoms with Crippen molar-refractivity contribution >= 4 is 5.97 Å². The molecule has 2 unspecified atom stereocenters. The molecule has 5 nitrogen and oxygen atoms in total. The van der Waals surface area contributed by atoms with Crippen LogP contribution in [0.15, 0.2) is 24.3 Å². The summed E-state index contributed by atoms with van der Waals surface area (Å²) in [4.78, 5) is 11.2. The Kier molecular flexibility index (Phi) is 7.79. The summed E-state index contributed by atoms with van der Waals surface area (Å²) in [6.07, 6.45) is 1.67.